The number of fused-ring (bicyclic) bond motifs is 4. The van der Waals surface area contributed by atoms with E-state index in [1.807, 2.05) is 35.3 Å². The maximum absolute atomic E-state index is 16.3. The van der Waals surface area contributed by atoms with E-state index in [0.29, 0.717) is 91.2 Å². The van der Waals surface area contributed by atoms with Crippen LogP contribution in [-0.2, 0) is 50.5 Å². The first-order valence-electron chi connectivity index (χ1n) is 23.2. The molecule has 3 fully saturated rings. The predicted molar refractivity (Wildman–Crippen MR) is 253 cm³/mol. The minimum Gasteiger partial charge on any atom is -0.352 e. The highest BCUT2D eigenvalue weighted by atomic mass is 35.5. The van der Waals surface area contributed by atoms with E-state index in [-0.39, 0.29) is 40.6 Å². The third-order valence-corrected chi connectivity index (χ3v) is 15.1. The molecule has 5 heterocycles. The number of hydrogen-bond donors (Lipinski definition) is 5. The molecule has 0 bridgehead atoms. The average molecular weight is 960 g/mol. The Bertz CT molecular complexity index is 2880. The quantitative estimate of drug-likeness (QED) is 0.0656. The number of anilines is 2. The number of amides is 6. The number of nitrogens with one attached hydrogen (secondary N) is 5. The van der Waals surface area contributed by atoms with Crippen molar-refractivity contribution in [3.63, 3.8) is 0 Å². The first-order chi connectivity index (χ1) is 32.9. The number of imide groups is 1. The molecule has 5 N–H and O–H groups in total. The first kappa shape index (κ1) is 45.4. The van der Waals surface area contributed by atoms with Crippen LogP contribution in [0.5, 0.6) is 0 Å². The molecular formula is C51H49Cl2FN8O6. The monoisotopic (exact) mass is 958 g/mol. The minimum atomic E-state index is -1.36. The molecule has 6 amide bonds. The molecule has 4 aliphatic heterocycles. The number of benzene rings is 4. The van der Waals surface area contributed by atoms with Crippen molar-refractivity contribution >= 4 is 70.0 Å². The summed E-state index contributed by atoms with van der Waals surface area (Å²) in [6.07, 6.45) is 10.1. The Kier molecular flexibility index (Phi) is 12.2. The number of carbonyl (C=O) groups excluding carboxylic acids is 6. The smallest absolute Gasteiger partial charge is 0.255 e. The Labute approximate surface area is 401 Å². The van der Waals surface area contributed by atoms with Crippen LogP contribution in [0, 0.1) is 5.82 Å². The van der Waals surface area contributed by atoms with Crippen molar-refractivity contribution in [1.29, 1.82) is 0 Å². The lowest BCUT2D eigenvalue weighted by Gasteiger charge is -2.47. The SMILES string of the molecule is O=C1CCC(N2Cc3c(CCc4cnn(CCCNC(=O)c5ccc(NC(=O)C6NC7(CCCCC7)C7(C(=O)Nc8cc(Cl)ccc87)C6c6cccc(Cl)c6F)cc5)c4)cccc3C2=O)C(=O)N1. The molecule has 1 aromatic heterocycles. The summed E-state index contributed by atoms with van der Waals surface area (Å²) in [5.41, 5.74) is 3.50. The molecule has 2 spiro atoms. The summed E-state index contributed by atoms with van der Waals surface area (Å²) in [6.45, 7) is 1.29. The second-order valence-corrected chi connectivity index (χ2v) is 19.3. The summed E-state index contributed by atoms with van der Waals surface area (Å²) in [4.78, 5) is 81.4. The van der Waals surface area contributed by atoms with E-state index in [0.717, 1.165) is 36.0 Å². The Morgan fingerprint density at radius 1 is 0.912 bits per heavy atom. The molecule has 1 aliphatic carbocycles. The van der Waals surface area contributed by atoms with Gasteiger partial charge in [0.05, 0.1) is 17.3 Å². The van der Waals surface area contributed by atoms with Crippen LogP contribution in [-0.4, -0.2) is 74.3 Å². The van der Waals surface area contributed by atoms with Crippen LogP contribution in [0.1, 0.15) is 106 Å². The van der Waals surface area contributed by atoms with Gasteiger partial charge in [0.1, 0.15) is 17.3 Å². The lowest BCUT2D eigenvalue weighted by Crippen LogP contribution is -2.60. The summed E-state index contributed by atoms with van der Waals surface area (Å²) >= 11 is 12.8. The zero-order valence-electron chi connectivity index (χ0n) is 37.0. The number of rotatable bonds is 12. The topological polar surface area (TPSA) is 184 Å². The Balaban J connectivity index is 0.758. The largest absolute Gasteiger partial charge is 0.352 e. The maximum Gasteiger partial charge on any atom is 0.255 e. The molecule has 4 unspecified atom stereocenters. The standard InChI is InChI=1S/C51H49Cl2FN8O6/c52-32-15-18-37-39(25-32)58-49(68)51(37)42(35-9-5-10-38(53)43(35)54)44(60-50(51)21-2-1-3-22-50)47(66)57-33-16-13-31(14-17-33)45(64)55-23-6-24-61-27-29(26-56-61)11-12-30-7-4-8-34-36(30)28-62(48(34)67)40-19-20-41(63)59-46(40)65/h4-5,7-10,13-18,25-27,40,42,44,60H,1-3,6,11-12,19-24,28H2,(H,55,64)(H,57,66)(H,58,68)(H,59,63,65). The van der Waals surface area contributed by atoms with Crippen LogP contribution in [0.15, 0.2) is 91.3 Å². The van der Waals surface area contributed by atoms with Crippen LogP contribution >= 0.6 is 23.2 Å². The highest BCUT2D eigenvalue weighted by Crippen LogP contribution is 2.63. The lowest BCUT2D eigenvalue weighted by atomic mass is 9.55. The second kappa shape index (κ2) is 18.2. The number of aryl methyl sites for hydroxylation is 3. The average Bonchev–Trinajstić information content (AvgIpc) is 4.08. The summed E-state index contributed by atoms with van der Waals surface area (Å²) in [6, 6.07) is 20.4. The summed E-state index contributed by atoms with van der Waals surface area (Å²) in [7, 11) is 0. The highest BCUT2D eigenvalue weighted by Gasteiger charge is 2.72. The van der Waals surface area contributed by atoms with Crippen molar-refractivity contribution < 1.29 is 33.2 Å². The number of hydrogen-bond acceptors (Lipinski definition) is 8. The number of nitrogens with zero attached hydrogens (tertiary/aromatic N) is 3. The van der Waals surface area contributed by atoms with Gasteiger partial charge in [-0.1, -0.05) is 72.8 Å². The Hall–Kier alpha value is -6.42. The van der Waals surface area contributed by atoms with Crippen molar-refractivity contribution in [1.82, 2.24) is 30.6 Å². The van der Waals surface area contributed by atoms with Gasteiger partial charge in [0.15, 0.2) is 0 Å². The summed E-state index contributed by atoms with van der Waals surface area (Å²) in [5, 5.41) is 19.8. The molecule has 17 heteroatoms. The van der Waals surface area contributed by atoms with Gasteiger partial charge in [0, 0.05) is 71.2 Å². The fourth-order valence-corrected chi connectivity index (χ4v) is 11.9. The Morgan fingerprint density at radius 2 is 1.71 bits per heavy atom. The van der Waals surface area contributed by atoms with Gasteiger partial charge in [-0.3, -0.25) is 44.1 Å². The number of carbonyl (C=O) groups is 6. The molecule has 0 radical (unpaired) electrons. The summed E-state index contributed by atoms with van der Waals surface area (Å²) < 4.78 is 18.1. The summed E-state index contributed by atoms with van der Waals surface area (Å²) in [5.74, 6) is -3.67. The van der Waals surface area contributed by atoms with Gasteiger partial charge < -0.3 is 20.9 Å². The van der Waals surface area contributed by atoms with E-state index >= 15 is 4.39 Å². The fraction of sp³-hybridized carbons (Fsp3) is 0.353. The predicted octanol–water partition coefficient (Wildman–Crippen LogP) is 6.98. The number of aromatic nitrogens is 2. The third-order valence-electron chi connectivity index (χ3n) is 14.6. The van der Waals surface area contributed by atoms with Crippen LogP contribution in [0.4, 0.5) is 15.8 Å². The van der Waals surface area contributed by atoms with Crippen molar-refractivity contribution in [3.8, 4) is 0 Å². The normalized spacial score (nSPS) is 22.6. The van der Waals surface area contributed by atoms with Crippen molar-refractivity contribution in [3.05, 3.63) is 146 Å². The molecular weight excluding hydrogens is 911 g/mol. The molecule has 4 aromatic carbocycles. The molecule has 350 valence electrons. The van der Waals surface area contributed by atoms with Crippen molar-refractivity contribution in [2.24, 2.45) is 0 Å². The van der Waals surface area contributed by atoms with Crippen molar-refractivity contribution in [2.45, 2.75) is 106 Å². The zero-order valence-corrected chi connectivity index (χ0v) is 38.5. The molecule has 4 atom stereocenters. The van der Waals surface area contributed by atoms with E-state index in [4.69, 9.17) is 23.2 Å². The van der Waals surface area contributed by atoms with E-state index < -0.39 is 46.6 Å². The van der Waals surface area contributed by atoms with Crippen molar-refractivity contribution in [2.75, 3.05) is 17.2 Å². The minimum absolute atomic E-state index is 0.108. The molecule has 1 saturated carbocycles. The van der Waals surface area contributed by atoms with Crippen LogP contribution in [0.25, 0.3) is 0 Å². The van der Waals surface area contributed by atoms with E-state index in [2.05, 4.69) is 31.7 Å². The molecule has 2 saturated heterocycles. The first-order valence-corrected chi connectivity index (χ1v) is 23.9. The number of piperidine rings is 1. The maximum atomic E-state index is 16.3. The van der Waals surface area contributed by atoms with Crippen LogP contribution < -0.4 is 26.6 Å². The molecule has 14 nitrogen and oxygen atoms in total. The van der Waals surface area contributed by atoms with E-state index in [9.17, 15) is 28.8 Å². The molecule has 5 aromatic rings. The Morgan fingerprint density at radius 3 is 2.50 bits per heavy atom. The van der Waals surface area contributed by atoms with Crippen LogP contribution in [0.3, 0.4) is 0 Å². The number of halogens is 3. The molecule has 68 heavy (non-hydrogen) atoms. The molecule has 5 aliphatic rings. The zero-order chi connectivity index (χ0) is 47.3. The van der Waals surface area contributed by atoms with Gasteiger partial charge in [-0.25, -0.2) is 4.39 Å². The highest BCUT2D eigenvalue weighted by molar-refractivity contribution is 6.31. The van der Waals surface area contributed by atoms with E-state index in [1.165, 1.54) is 6.07 Å². The lowest BCUT2D eigenvalue weighted by molar-refractivity contribution is -0.137. The van der Waals surface area contributed by atoms with Gasteiger partial charge in [-0.15, -0.1) is 0 Å². The van der Waals surface area contributed by atoms with Crippen LogP contribution in [0.2, 0.25) is 10.0 Å². The second-order valence-electron chi connectivity index (χ2n) is 18.5. The fourth-order valence-electron chi connectivity index (χ4n) is 11.5. The van der Waals surface area contributed by atoms with Gasteiger partial charge >= 0.3 is 0 Å². The van der Waals surface area contributed by atoms with E-state index in [1.54, 1.807) is 59.5 Å². The third kappa shape index (κ3) is 7.93. The van der Waals surface area contributed by atoms with Gasteiger partial charge in [0.2, 0.25) is 23.6 Å². The van der Waals surface area contributed by atoms with Gasteiger partial charge in [0.25, 0.3) is 11.8 Å². The van der Waals surface area contributed by atoms with Gasteiger partial charge in [-0.2, -0.15) is 5.10 Å². The molecule has 10 rings (SSSR count). The van der Waals surface area contributed by atoms with Gasteiger partial charge in [-0.05, 0) is 115 Å².